The second-order valence-electron chi connectivity index (χ2n) is 7.71. The van der Waals surface area contributed by atoms with Gasteiger partial charge in [-0.3, -0.25) is 4.98 Å². The lowest BCUT2D eigenvalue weighted by atomic mass is 10.0. The Kier molecular flexibility index (Phi) is 4.91. The summed E-state index contributed by atoms with van der Waals surface area (Å²) in [6.45, 7) is 5.99. The van der Waals surface area contributed by atoms with Crippen LogP contribution in [0.3, 0.4) is 0 Å². The standard InChI is InChI=1S/C22H24F3N3/c1-14-3-5-19-17(11-14)18-12-15(2)26-9-7-20(18)28(19)10-8-16-4-6-21(27-13-16)22(23,24)25/h3-6,11,13,15,26H,7-10,12H2,1-2H3. The number of halogens is 3. The Balaban J connectivity index is 1.66. The van der Waals surface area contributed by atoms with Crippen molar-refractivity contribution in [2.75, 3.05) is 6.54 Å². The van der Waals surface area contributed by atoms with E-state index in [1.54, 1.807) is 0 Å². The first-order valence-electron chi connectivity index (χ1n) is 9.69. The number of rotatable bonds is 3. The topological polar surface area (TPSA) is 29.9 Å². The third-order valence-electron chi connectivity index (χ3n) is 5.55. The van der Waals surface area contributed by atoms with Crippen LogP contribution in [0, 0.1) is 6.92 Å². The number of nitrogens with one attached hydrogen (secondary N) is 1. The van der Waals surface area contributed by atoms with Gasteiger partial charge in [0.2, 0.25) is 0 Å². The Morgan fingerprint density at radius 2 is 2.04 bits per heavy atom. The van der Waals surface area contributed by atoms with E-state index in [4.69, 9.17) is 0 Å². The summed E-state index contributed by atoms with van der Waals surface area (Å²) in [6.07, 6.45) is -0.448. The first-order chi connectivity index (χ1) is 13.3. The molecule has 1 unspecified atom stereocenters. The van der Waals surface area contributed by atoms with Gasteiger partial charge in [-0.05, 0) is 56.0 Å². The summed E-state index contributed by atoms with van der Waals surface area (Å²) in [7, 11) is 0. The molecule has 0 amide bonds. The van der Waals surface area contributed by atoms with Gasteiger partial charge in [-0.2, -0.15) is 13.2 Å². The molecule has 3 heterocycles. The molecule has 1 atom stereocenters. The minimum Gasteiger partial charge on any atom is -0.344 e. The predicted molar refractivity (Wildman–Crippen MR) is 104 cm³/mol. The maximum atomic E-state index is 12.7. The summed E-state index contributed by atoms with van der Waals surface area (Å²) in [6, 6.07) is 9.58. The van der Waals surface area contributed by atoms with Gasteiger partial charge in [0, 0.05) is 48.3 Å². The highest BCUT2D eigenvalue weighted by Gasteiger charge is 2.32. The van der Waals surface area contributed by atoms with Gasteiger partial charge in [0.25, 0.3) is 0 Å². The average molecular weight is 387 g/mol. The van der Waals surface area contributed by atoms with Crippen LogP contribution in [-0.4, -0.2) is 22.1 Å². The van der Waals surface area contributed by atoms with Crippen molar-refractivity contribution in [2.45, 2.75) is 51.9 Å². The third-order valence-corrected chi connectivity index (χ3v) is 5.55. The van der Waals surface area contributed by atoms with Gasteiger partial charge in [-0.15, -0.1) is 0 Å². The summed E-state index contributed by atoms with van der Waals surface area (Å²) in [5, 5.41) is 4.85. The van der Waals surface area contributed by atoms with Crippen LogP contribution >= 0.6 is 0 Å². The maximum Gasteiger partial charge on any atom is 0.433 e. The lowest BCUT2D eigenvalue weighted by molar-refractivity contribution is -0.141. The highest BCUT2D eigenvalue weighted by Crippen LogP contribution is 2.31. The molecule has 3 aromatic rings. The number of aryl methyl sites for hydroxylation is 3. The van der Waals surface area contributed by atoms with E-state index < -0.39 is 11.9 Å². The van der Waals surface area contributed by atoms with Gasteiger partial charge in [0.05, 0.1) is 0 Å². The van der Waals surface area contributed by atoms with E-state index in [0.29, 0.717) is 12.5 Å². The van der Waals surface area contributed by atoms with E-state index in [-0.39, 0.29) is 0 Å². The van der Waals surface area contributed by atoms with Crippen LogP contribution in [-0.2, 0) is 32.0 Å². The SMILES string of the molecule is Cc1ccc2c(c1)c1c(n2CCc2ccc(C(F)(F)F)nc2)CCNC(C)C1. The first-order valence-corrected chi connectivity index (χ1v) is 9.69. The van der Waals surface area contributed by atoms with Crippen molar-refractivity contribution >= 4 is 10.9 Å². The number of hydrogen-bond acceptors (Lipinski definition) is 2. The Morgan fingerprint density at radius 3 is 2.75 bits per heavy atom. The number of fused-ring (bicyclic) bond motifs is 3. The number of hydrogen-bond donors (Lipinski definition) is 1. The molecule has 0 spiro atoms. The van der Waals surface area contributed by atoms with Crippen LogP contribution in [0.5, 0.6) is 0 Å². The van der Waals surface area contributed by atoms with E-state index >= 15 is 0 Å². The lowest BCUT2D eigenvalue weighted by Crippen LogP contribution is -2.27. The highest BCUT2D eigenvalue weighted by molar-refractivity contribution is 5.86. The average Bonchev–Trinajstić information content (AvgIpc) is 2.78. The van der Waals surface area contributed by atoms with Gasteiger partial charge >= 0.3 is 6.18 Å². The van der Waals surface area contributed by atoms with Gasteiger partial charge < -0.3 is 9.88 Å². The van der Waals surface area contributed by atoms with Crippen LogP contribution in [0.4, 0.5) is 13.2 Å². The zero-order valence-corrected chi connectivity index (χ0v) is 16.1. The van der Waals surface area contributed by atoms with Crippen molar-refractivity contribution < 1.29 is 13.2 Å². The molecule has 1 aliphatic rings. The molecule has 0 bridgehead atoms. The Morgan fingerprint density at radius 1 is 1.21 bits per heavy atom. The van der Waals surface area contributed by atoms with Crippen molar-refractivity contribution in [3.63, 3.8) is 0 Å². The zero-order chi connectivity index (χ0) is 19.9. The summed E-state index contributed by atoms with van der Waals surface area (Å²) < 4.78 is 40.5. The van der Waals surface area contributed by atoms with Crippen LogP contribution in [0.1, 0.15) is 35.0 Å². The van der Waals surface area contributed by atoms with E-state index in [1.807, 2.05) is 0 Å². The van der Waals surface area contributed by atoms with Gasteiger partial charge in [-0.1, -0.05) is 17.7 Å². The molecule has 28 heavy (non-hydrogen) atoms. The summed E-state index contributed by atoms with van der Waals surface area (Å²) >= 11 is 0. The number of alkyl halides is 3. The molecule has 0 saturated heterocycles. The molecule has 0 radical (unpaired) electrons. The number of aromatic nitrogens is 2. The minimum atomic E-state index is -4.39. The Labute approximate surface area is 162 Å². The van der Waals surface area contributed by atoms with Gasteiger partial charge in [0.15, 0.2) is 0 Å². The number of pyridine rings is 1. The minimum absolute atomic E-state index is 0.430. The van der Waals surface area contributed by atoms with Crippen LogP contribution < -0.4 is 5.32 Å². The van der Waals surface area contributed by atoms with Crippen molar-refractivity contribution in [3.8, 4) is 0 Å². The van der Waals surface area contributed by atoms with E-state index in [2.05, 4.69) is 46.9 Å². The van der Waals surface area contributed by atoms with E-state index in [9.17, 15) is 13.2 Å². The van der Waals surface area contributed by atoms with Gasteiger partial charge in [-0.25, -0.2) is 0 Å². The summed E-state index contributed by atoms with van der Waals surface area (Å²) in [5.41, 5.74) is 5.18. The maximum absolute atomic E-state index is 12.7. The fourth-order valence-corrected chi connectivity index (χ4v) is 4.16. The van der Waals surface area contributed by atoms with Crippen molar-refractivity contribution in [1.29, 1.82) is 0 Å². The molecule has 4 rings (SSSR count). The quantitative estimate of drug-likeness (QED) is 0.707. The third kappa shape index (κ3) is 3.65. The van der Waals surface area contributed by atoms with Crippen molar-refractivity contribution in [2.24, 2.45) is 0 Å². The largest absolute Gasteiger partial charge is 0.433 e. The zero-order valence-electron chi connectivity index (χ0n) is 16.1. The molecule has 3 nitrogen and oxygen atoms in total. The Hall–Kier alpha value is -2.34. The monoisotopic (exact) mass is 387 g/mol. The molecule has 6 heteroatoms. The fourth-order valence-electron chi connectivity index (χ4n) is 4.16. The molecule has 2 aromatic heterocycles. The van der Waals surface area contributed by atoms with E-state index in [1.165, 1.54) is 40.0 Å². The first kappa shape index (κ1) is 19.0. The molecule has 0 aliphatic carbocycles. The molecule has 1 aliphatic heterocycles. The second-order valence-corrected chi connectivity index (χ2v) is 7.71. The molecule has 1 N–H and O–H groups in total. The molecule has 148 valence electrons. The van der Waals surface area contributed by atoms with Crippen molar-refractivity contribution in [1.82, 2.24) is 14.9 Å². The smallest absolute Gasteiger partial charge is 0.344 e. The molecule has 0 saturated carbocycles. The van der Waals surface area contributed by atoms with Crippen LogP contribution in [0.2, 0.25) is 0 Å². The molecular formula is C22H24F3N3. The van der Waals surface area contributed by atoms with E-state index in [0.717, 1.165) is 37.6 Å². The molecule has 0 fully saturated rings. The second kappa shape index (κ2) is 7.24. The van der Waals surface area contributed by atoms with Gasteiger partial charge in [0.1, 0.15) is 5.69 Å². The summed E-state index contributed by atoms with van der Waals surface area (Å²) in [5.74, 6) is 0. The van der Waals surface area contributed by atoms with Crippen molar-refractivity contribution in [3.05, 3.63) is 64.6 Å². The van der Waals surface area contributed by atoms with Crippen LogP contribution in [0.25, 0.3) is 10.9 Å². The lowest BCUT2D eigenvalue weighted by Gasteiger charge is -2.12. The number of nitrogens with zero attached hydrogens (tertiary/aromatic N) is 2. The van der Waals surface area contributed by atoms with Crippen LogP contribution in [0.15, 0.2) is 36.5 Å². The fraction of sp³-hybridized carbons (Fsp3) is 0.409. The summed E-state index contributed by atoms with van der Waals surface area (Å²) in [4.78, 5) is 3.59. The molecule has 1 aromatic carbocycles. The highest BCUT2D eigenvalue weighted by atomic mass is 19.4. The molecular weight excluding hydrogens is 363 g/mol. The number of benzene rings is 1. The Bertz CT molecular complexity index is 987. The predicted octanol–water partition coefficient (Wildman–Crippen LogP) is 4.68. The normalized spacial score (nSPS) is 17.5.